The molecule has 11 heteroatoms. The third-order valence-corrected chi connectivity index (χ3v) is 5.56. The maximum Gasteiger partial charge on any atom is 0.409 e. The molecule has 4 amide bonds. The first kappa shape index (κ1) is 23.2. The van der Waals surface area contributed by atoms with E-state index in [1.54, 1.807) is 46.4 Å². The van der Waals surface area contributed by atoms with Crippen LogP contribution in [0.5, 0.6) is 0 Å². The van der Waals surface area contributed by atoms with Gasteiger partial charge in [-0.05, 0) is 26.0 Å². The fourth-order valence-corrected chi connectivity index (χ4v) is 3.81. The first-order chi connectivity index (χ1) is 15.4. The minimum atomic E-state index is -0.372. The first-order valence-corrected chi connectivity index (χ1v) is 11.1. The van der Waals surface area contributed by atoms with Crippen LogP contribution in [-0.4, -0.2) is 71.4 Å². The average Bonchev–Trinajstić information content (AvgIpc) is 3.20. The number of ether oxygens (including phenoxy) is 1. The maximum atomic E-state index is 12.5. The zero-order valence-electron chi connectivity index (χ0n) is 17.9. The van der Waals surface area contributed by atoms with Gasteiger partial charge in [-0.3, -0.25) is 14.9 Å². The van der Waals surface area contributed by atoms with Gasteiger partial charge >= 0.3 is 12.1 Å². The van der Waals surface area contributed by atoms with Crippen molar-refractivity contribution < 1.29 is 23.9 Å². The van der Waals surface area contributed by atoms with Gasteiger partial charge in [0.1, 0.15) is 0 Å². The van der Waals surface area contributed by atoms with Crippen LogP contribution in [0, 0.1) is 0 Å². The number of piperazine rings is 1. The number of anilines is 2. The lowest BCUT2D eigenvalue weighted by Crippen LogP contribution is -2.51. The predicted molar refractivity (Wildman–Crippen MR) is 120 cm³/mol. The van der Waals surface area contributed by atoms with E-state index >= 15 is 0 Å². The number of thiazole rings is 1. The number of amides is 4. The number of hydrogen-bond acceptors (Lipinski definition) is 7. The van der Waals surface area contributed by atoms with Gasteiger partial charge in [-0.15, -0.1) is 11.3 Å². The van der Waals surface area contributed by atoms with E-state index in [4.69, 9.17) is 4.74 Å². The van der Waals surface area contributed by atoms with Gasteiger partial charge < -0.3 is 19.9 Å². The molecule has 0 aliphatic carbocycles. The normalized spacial score (nSPS) is 13.4. The van der Waals surface area contributed by atoms with Crippen LogP contribution in [0.2, 0.25) is 0 Å². The number of ketones is 1. The minimum absolute atomic E-state index is 0.0366. The van der Waals surface area contributed by atoms with E-state index in [2.05, 4.69) is 15.6 Å². The molecule has 1 aliphatic heterocycles. The molecule has 170 valence electrons. The van der Waals surface area contributed by atoms with Crippen LogP contribution < -0.4 is 10.6 Å². The fourth-order valence-electron chi connectivity index (χ4n) is 3.11. The van der Waals surface area contributed by atoms with E-state index in [-0.39, 0.29) is 30.2 Å². The number of benzene rings is 1. The molecular formula is C21H25N5O5S. The van der Waals surface area contributed by atoms with Crippen molar-refractivity contribution in [3.8, 4) is 0 Å². The predicted octanol–water partition coefficient (Wildman–Crippen LogP) is 2.83. The number of Topliss-reactive ketones (excluding diaryl/α,β-unsaturated/α-hetero) is 1. The Hall–Kier alpha value is -3.47. The Balaban J connectivity index is 1.48. The highest BCUT2D eigenvalue weighted by Gasteiger charge is 2.25. The molecule has 3 rings (SSSR count). The summed E-state index contributed by atoms with van der Waals surface area (Å²) in [5.74, 6) is -0.354. The molecule has 2 aromatic rings. The molecule has 32 heavy (non-hydrogen) atoms. The lowest BCUT2D eigenvalue weighted by atomic mass is 10.1. The van der Waals surface area contributed by atoms with Gasteiger partial charge in [-0.1, -0.05) is 12.1 Å². The summed E-state index contributed by atoms with van der Waals surface area (Å²) in [4.78, 5) is 55.5. The Bertz CT molecular complexity index is 1000. The Kier molecular flexibility index (Phi) is 7.77. The van der Waals surface area contributed by atoms with Gasteiger partial charge in [0, 0.05) is 42.8 Å². The van der Waals surface area contributed by atoms with E-state index in [1.165, 1.54) is 18.3 Å². The second-order valence-electron chi connectivity index (χ2n) is 7.11. The van der Waals surface area contributed by atoms with Crippen LogP contribution in [-0.2, 0) is 16.0 Å². The Morgan fingerprint density at radius 1 is 1.09 bits per heavy atom. The second kappa shape index (κ2) is 10.7. The summed E-state index contributed by atoms with van der Waals surface area (Å²) < 4.78 is 4.97. The summed E-state index contributed by atoms with van der Waals surface area (Å²) in [6.07, 6.45) is -0.335. The molecule has 0 bridgehead atoms. The molecule has 0 radical (unpaired) electrons. The summed E-state index contributed by atoms with van der Waals surface area (Å²) in [5, 5.41) is 7.58. The molecule has 1 aromatic heterocycles. The zero-order chi connectivity index (χ0) is 23.1. The van der Waals surface area contributed by atoms with Gasteiger partial charge in [0.2, 0.25) is 5.91 Å². The highest BCUT2D eigenvalue weighted by molar-refractivity contribution is 7.13. The Morgan fingerprint density at radius 3 is 2.50 bits per heavy atom. The Labute approximate surface area is 189 Å². The second-order valence-corrected chi connectivity index (χ2v) is 7.97. The summed E-state index contributed by atoms with van der Waals surface area (Å²) in [5.41, 5.74) is 1.58. The molecule has 1 saturated heterocycles. The number of rotatable bonds is 6. The van der Waals surface area contributed by atoms with E-state index in [0.717, 1.165) is 0 Å². The first-order valence-electron chi connectivity index (χ1n) is 10.2. The van der Waals surface area contributed by atoms with Crippen molar-refractivity contribution in [2.45, 2.75) is 20.3 Å². The molecule has 10 nitrogen and oxygen atoms in total. The summed E-state index contributed by atoms with van der Waals surface area (Å²) in [6, 6.07) is 6.41. The topological polar surface area (TPSA) is 121 Å². The summed E-state index contributed by atoms with van der Waals surface area (Å²) in [7, 11) is 0. The zero-order valence-corrected chi connectivity index (χ0v) is 18.7. The SMILES string of the molecule is CCOC(=O)N1CCN(C(=O)Nc2nc(CC(=O)Nc3cccc(C(C)=O)c3)cs2)CC1. The number of aromatic nitrogens is 1. The molecular weight excluding hydrogens is 434 g/mol. The van der Waals surface area contributed by atoms with Crippen LogP contribution in [0.4, 0.5) is 20.4 Å². The van der Waals surface area contributed by atoms with Crippen LogP contribution in [0.15, 0.2) is 29.6 Å². The molecule has 0 saturated carbocycles. The van der Waals surface area contributed by atoms with Crippen molar-refractivity contribution in [1.29, 1.82) is 0 Å². The van der Waals surface area contributed by atoms with Gasteiger partial charge in [0.15, 0.2) is 10.9 Å². The van der Waals surface area contributed by atoms with E-state index in [1.807, 2.05) is 0 Å². The van der Waals surface area contributed by atoms with Crippen molar-refractivity contribution in [3.63, 3.8) is 0 Å². The van der Waals surface area contributed by atoms with Gasteiger partial charge in [0.25, 0.3) is 0 Å². The molecule has 1 aromatic carbocycles. The van der Waals surface area contributed by atoms with Crippen molar-refractivity contribution in [2.24, 2.45) is 0 Å². The van der Waals surface area contributed by atoms with Crippen LogP contribution >= 0.6 is 11.3 Å². The molecule has 2 N–H and O–H groups in total. The quantitative estimate of drug-likeness (QED) is 0.641. The van der Waals surface area contributed by atoms with Crippen molar-refractivity contribution in [2.75, 3.05) is 43.4 Å². The van der Waals surface area contributed by atoms with E-state index in [0.29, 0.717) is 54.9 Å². The van der Waals surface area contributed by atoms with Crippen LogP contribution in [0.3, 0.4) is 0 Å². The maximum absolute atomic E-state index is 12.5. The van der Waals surface area contributed by atoms with E-state index in [9.17, 15) is 19.2 Å². The van der Waals surface area contributed by atoms with Crippen molar-refractivity contribution in [3.05, 3.63) is 40.9 Å². The van der Waals surface area contributed by atoms with E-state index < -0.39 is 0 Å². The third kappa shape index (κ3) is 6.27. The standard InChI is InChI=1S/C21H25N5O5S/c1-3-31-21(30)26-9-7-25(8-10-26)20(29)24-19-23-17(13-32-19)12-18(28)22-16-6-4-5-15(11-16)14(2)27/h4-6,11,13H,3,7-10,12H2,1-2H3,(H,22,28)(H,23,24,29). The monoisotopic (exact) mass is 459 g/mol. The van der Waals surface area contributed by atoms with Crippen LogP contribution in [0.25, 0.3) is 0 Å². The highest BCUT2D eigenvalue weighted by Crippen LogP contribution is 2.18. The lowest BCUT2D eigenvalue weighted by molar-refractivity contribution is -0.115. The minimum Gasteiger partial charge on any atom is -0.450 e. The molecule has 1 fully saturated rings. The number of nitrogens with one attached hydrogen (secondary N) is 2. The smallest absolute Gasteiger partial charge is 0.409 e. The van der Waals surface area contributed by atoms with Crippen LogP contribution in [0.1, 0.15) is 29.9 Å². The molecule has 0 atom stereocenters. The molecule has 2 heterocycles. The van der Waals surface area contributed by atoms with Crippen molar-refractivity contribution in [1.82, 2.24) is 14.8 Å². The lowest BCUT2D eigenvalue weighted by Gasteiger charge is -2.33. The molecule has 0 unspecified atom stereocenters. The summed E-state index contributed by atoms with van der Waals surface area (Å²) >= 11 is 1.23. The highest BCUT2D eigenvalue weighted by atomic mass is 32.1. The number of carbonyl (C=O) groups excluding carboxylic acids is 4. The largest absolute Gasteiger partial charge is 0.450 e. The number of urea groups is 1. The van der Waals surface area contributed by atoms with Gasteiger partial charge in [-0.2, -0.15) is 0 Å². The Morgan fingerprint density at radius 2 is 1.81 bits per heavy atom. The van der Waals surface area contributed by atoms with Crippen molar-refractivity contribution >= 4 is 46.0 Å². The molecule has 0 spiro atoms. The number of hydrogen-bond donors (Lipinski definition) is 2. The third-order valence-electron chi connectivity index (χ3n) is 4.75. The van der Waals surface area contributed by atoms with Gasteiger partial charge in [-0.25, -0.2) is 14.6 Å². The number of nitrogens with zero attached hydrogens (tertiary/aromatic N) is 3. The average molecular weight is 460 g/mol. The number of carbonyl (C=O) groups is 4. The van der Waals surface area contributed by atoms with Gasteiger partial charge in [0.05, 0.1) is 18.7 Å². The molecule has 1 aliphatic rings. The fraction of sp³-hybridized carbons (Fsp3) is 0.381. The summed E-state index contributed by atoms with van der Waals surface area (Å²) in [6.45, 7) is 5.12.